The Labute approximate surface area is 184 Å². The van der Waals surface area contributed by atoms with Crippen LogP contribution in [0.15, 0.2) is 95.2 Å². The predicted octanol–water partition coefficient (Wildman–Crippen LogP) is 7.53. The van der Waals surface area contributed by atoms with Gasteiger partial charge in [-0.05, 0) is 72.3 Å². The average molecular weight is 431 g/mol. The van der Waals surface area contributed by atoms with E-state index in [1.807, 2.05) is 49.4 Å². The molecule has 154 valence electrons. The standard InChI is InChI=1S/C25H19ClN2O3/c1-2-30-22-12-8-18(9-13-22)25(29)31-24-14-11-21(16-23(24)26)28-27-20-10-7-17-5-3-4-6-19(17)15-20/h3-16H,2H2,1H3. The molecule has 0 saturated carbocycles. The van der Waals surface area contributed by atoms with Crippen molar-refractivity contribution in [1.82, 2.24) is 0 Å². The molecule has 0 fully saturated rings. The van der Waals surface area contributed by atoms with Gasteiger partial charge in [0.05, 0.1) is 28.6 Å². The predicted molar refractivity (Wildman–Crippen MR) is 122 cm³/mol. The minimum absolute atomic E-state index is 0.255. The third-order valence-corrected chi connectivity index (χ3v) is 4.83. The van der Waals surface area contributed by atoms with Gasteiger partial charge in [-0.2, -0.15) is 10.2 Å². The molecule has 0 atom stereocenters. The number of rotatable bonds is 6. The molecule has 0 aliphatic heterocycles. The summed E-state index contributed by atoms with van der Waals surface area (Å²) in [5, 5.41) is 11.0. The quantitative estimate of drug-likeness (QED) is 0.180. The van der Waals surface area contributed by atoms with E-state index >= 15 is 0 Å². The van der Waals surface area contributed by atoms with Crippen LogP contribution in [0.1, 0.15) is 17.3 Å². The Bertz CT molecular complexity index is 1250. The molecule has 6 heteroatoms. The van der Waals surface area contributed by atoms with Gasteiger partial charge in [0.15, 0.2) is 0 Å². The van der Waals surface area contributed by atoms with E-state index in [0.717, 1.165) is 16.5 Å². The van der Waals surface area contributed by atoms with Crippen molar-refractivity contribution in [2.75, 3.05) is 6.61 Å². The number of fused-ring (bicyclic) bond motifs is 1. The first kappa shape index (κ1) is 20.6. The number of halogens is 1. The molecule has 0 spiro atoms. The summed E-state index contributed by atoms with van der Waals surface area (Å²) in [6.07, 6.45) is 0. The van der Waals surface area contributed by atoms with Crippen molar-refractivity contribution in [3.63, 3.8) is 0 Å². The first-order valence-corrected chi connectivity index (χ1v) is 10.2. The van der Waals surface area contributed by atoms with Crippen LogP contribution in [0.4, 0.5) is 11.4 Å². The number of esters is 1. The van der Waals surface area contributed by atoms with E-state index in [2.05, 4.69) is 10.2 Å². The lowest BCUT2D eigenvalue weighted by molar-refractivity contribution is 0.0735. The number of nitrogens with zero attached hydrogens (tertiary/aromatic N) is 2. The molecule has 5 nitrogen and oxygen atoms in total. The van der Waals surface area contributed by atoms with Crippen molar-refractivity contribution < 1.29 is 14.3 Å². The second-order valence-electron chi connectivity index (χ2n) is 6.69. The number of azo groups is 1. The second-order valence-corrected chi connectivity index (χ2v) is 7.10. The van der Waals surface area contributed by atoms with E-state index in [-0.39, 0.29) is 10.8 Å². The van der Waals surface area contributed by atoms with Crippen LogP contribution in [0.3, 0.4) is 0 Å². The molecule has 0 unspecified atom stereocenters. The summed E-state index contributed by atoms with van der Waals surface area (Å²) >= 11 is 6.29. The van der Waals surface area contributed by atoms with Crippen LogP contribution >= 0.6 is 11.6 Å². The van der Waals surface area contributed by atoms with E-state index in [9.17, 15) is 4.79 Å². The zero-order chi connectivity index (χ0) is 21.6. The van der Waals surface area contributed by atoms with E-state index in [0.29, 0.717) is 23.6 Å². The highest BCUT2D eigenvalue weighted by Gasteiger charge is 2.12. The molecular weight excluding hydrogens is 412 g/mol. The largest absolute Gasteiger partial charge is 0.494 e. The molecular formula is C25H19ClN2O3. The highest BCUT2D eigenvalue weighted by Crippen LogP contribution is 2.31. The zero-order valence-corrected chi connectivity index (χ0v) is 17.5. The van der Waals surface area contributed by atoms with E-state index < -0.39 is 5.97 Å². The number of hydrogen-bond donors (Lipinski definition) is 0. The smallest absolute Gasteiger partial charge is 0.343 e. The maximum Gasteiger partial charge on any atom is 0.343 e. The summed E-state index contributed by atoms with van der Waals surface area (Å²) in [6.45, 7) is 2.46. The molecule has 0 bridgehead atoms. The Morgan fingerprint density at radius 3 is 2.23 bits per heavy atom. The molecule has 4 aromatic carbocycles. The third kappa shape index (κ3) is 5.08. The lowest BCUT2D eigenvalue weighted by Crippen LogP contribution is -2.08. The fourth-order valence-corrected chi connectivity index (χ4v) is 3.22. The van der Waals surface area contributed by atoms with Crippen molar-refractivity contribution in [2.45, 2.75) is 6.92 Å². The summed E-state index contributed by atoms with van der Waals surface area (Å²) in [4.78, 5) is 12.4. The Morgan fingerprint density at radius 2 is 1.52 bits per heavy atom. The summed E-state index contributed by atoms with van der Waals surface area (Å²) in [5.74, 6) is 0.443. The highest BCUT2D eigenvalue weighted by molar-refractivity contribution is 6.32. The third-order valence-electron chi connectivity index (χ3n) is 4.53. The molecule has 0 aliphatic carbocycles. The zero-order valence-electron chi connectivity index (χ0n) is 16.8. The van der Waals surface area contributed by atoms with Gasteiger partial charge in [-0.1, -0.05) is 41.9 Å². The number of carbonyl (C=O) groups is 1. The Kier molecular flexibility index (Phi) is 6.24. The van der Waals surface area contributed by atoms with Gasteiger partial charge in [-0.25, -0.2) is 4.79 Å². The fourth-order valence-electron chi connectivity index (χ4n) is 3.00. The van der Waals surface area contributed by atoms with Gasteiger partial charge in [0, 0.05) is 0 Å². The fraction of sp³-hybridized carbons (Fsp3) is 0.0800. The minimum atomic E-state index is -0.504. The van der Waals surface area contributed by atoms with Crippen molar-refractivity contribution in [1.29, 1.82) is 0 Å². The first-order chi connectivity index (χ1) is 15.1. The number of carbonyl (C=O) groups excluding carboxylic acids is 1. The van der Waals surface area contributed by atoms with Gasteiger partial charge in [0.25, 0.3) is 0 Å². The molecule has 0 aromatic heterocycles. The lowest BCUT2D eigenvalue weighted by Gasteiger charge is -2.08. The summed E-state index contributed by atoms with van der Waals surface area (Å²) < 4.78 is 10.8. The molecule has 4 aromatic rings. The number of ether oxygens (including phenoxy) is 2. The van der Waals surface area contributed by atoms with Gasteiger partial charge in [0.1, 0.15) is 11.5 Å². The minimum Gasteiger partial charge on any atom is -0.494 e. The molecule has 0 N–H and O–H groups in total. The van der Waals surface area contributed by atoms with Gasteiger partial charge in [-0.15, -0.1) is 0 Å². The van der Waals surface area contributed by atoms with Crippen molar-refractivity contribution in [2.24, 2.45) is 10.2 Å². The maximum atomic E-state index is 12.4. The van der Waals surface area contributed by atoms with E-state index in [4.69, 9.17) is 21.1 Å². The second kappa shape index (κ2) is 9.41. The SMILES string of the molecule is CCOc1ccc(C(=O)Oc2ccc(N=Nc3ccc4ccccc4c3)cc2Cl)cc1. The van der Waals surface area contributed by atoms with Crippen LogP contribution < -0.4 is 9.47 Å². The highest BCUT2D eigenvalue weighted by atomic mass is 35.5. The van der Waals surface area contributed by atoms with Crippen LogP contribution in [0.25, 0.3) is 10.8 Å². The van der Waals surface area contributed by atoms with Gasteiger partial charge >= 0.3 is 5.97 Å². The summed E-state index contributed by atoms with van der Waals surface area (Å²) in [5.41, 5.74) is 1.69. The Balaban J connectivity index is 1.45. The maximum absolute atomic E-state index is 12.4. The van der Waals surface area contributed by atoms with Gasteiger partial charge < -0.3 is 9.47 Å². The first-order valence-electron chi connectivity index (χ1n) is 9.77. The van der Waals surface area contributed by atoms with E-state index in [1.165, 1.54) is 0 Å². The van der Waals surface area contributed by atoms with Crippen molar-refractivity contribution in [3.8, 4) is 11.5 Å². The summed E-state index contributed by atoms with van der Waals surface area (Å²) in [7, 11) is 0. The van der Waals surface area contributed by atoms with Gasteiger partial charge in [-0.3, -0.25) is 0 Å². The molecule has 0 saturated heterocycles. The molecule has 0 heterocycles. The van der Waals surface area contributed by atoms with Crippen LogP contribution in [0.2, 0.25) is 5.02 Å². The topological polar surface area (TPSA) is 60.2 Å². The number of hydrogen-bond acceptors (Lipinski definition) is 5. The van der Waals surface area contributed by atoms with E-state index in [1.54, 1.807) is 42.5 Å². The van der Waals surface area contributed by atoms with Crippen LogP contribution in [-0.2, 0) is 0 Å². The average Bonchev–Trinajstić information content (AvgIpc) is 2.80. The van der Waals surface area contributed by atoms with Crippen molar-refractivity contribution in [3.05, 3.63) is 95.5 Å². The molecule has 4 rings (SSSR count). The lowest BCUT2D eigenvalue weighted by atomic mass is 10.1. The number of benzene rings is 4. The molecule has 0 aliphatic rings. The molecule has 31 heavy (non-hydrogen) atoms. The van der Waals surface area contributed by atoms with Crippen LogP contribution in [0, 0.1) is 0 Å². The van der Waals surface area contributed by atoms with Crippen LogP contribution in [0.5, 0.6) is 11.5 Å². The van der Waals surface area contributed by atoms with Crippen LogP contribution in [-0.4, -0.2) is 12.6 Å². The molecule has 0 radical (unpaired) electrons. The summed E-state index contributed by atoms with van der Waals surface area (Å²) in [6, 6.07) is 25.5. The van der Waals surface area contributed by atoms with Crippen molar-refractivity contribution >= 4 is 39.7 Å². The Morgan fingerprint density at radius 1 is 0.839 bits per heavy atom. The van der Waals surface area contributed by atoms with Gasteiger partial charge in [0.2, 0.25) is 0 Å². The molecule has 0 amide bonds. The monoisotopic (exact) mass is 430 g/mol. The Hall–Kier alpha value is -3.70. The normalized spacial score (nSPS) is 11.0.